The lowest BCUT2D eigenvalue weighted by molar-refractivity contribution is 0.0527. The topological polar surface area (TPSA) is 79.4 Å². The average Bonchev–Trinajstić information content (AvgIpc) is 2.54. The molecular weight excluding hydrogens is 318 g/mol. The van der Waals surface area contributed by atoms with Crippen molar-refractivity contribution in [3.8, 4) is 0 Å². The van der Waals surface area contributed by atoms with E-state index in [9.17, 15) is 4.79 Å². The van der Waals surface area contributed by atoms with Gasteiger partial charge in [-0.1, -0.05) is 12.1 Å². The Hall–Kier alpha value is -2.67. The number of esters is 1. The van der Waals surface area contributed by atoms with E-state index in [4.69, 9.17) is 4.74 Å². The summed E-state index contributed by atoms with van der Waals surface area (Å²) in [5.74, 6) is 0.803. The first-order valence-corrected chi connectivity index (χ1v) is 8.27. The SMILES string of the molecule is CCOC(=O)c1ccccc1Nc1nc(C)cc(NCCN(C)C)n1. The van der Waals surface area contributed by atoms with E-state index in [-0.39, 0.29) is 5.97 Å². The van der Waals surface area contributed by atoms with E-state index in [1.165, 1.54) is 0 Å². The van der Waals surface area contributed by atoms with Crippen molar-refractivity contribution in [1.29, 1.82) is 0 Å². The van der Waals surface area contributed by atoms with Crippen LogP contribution < -0.4 is 10.6 Å². The molecule has 0 aliphatic rings. The molecule has 2 N–H and O–H groups in total. The normalized spacial score (nSPS) is 10.6. The maximum Gasteiger partial charge on any atom is 0.340 e. The maximum atomic E-state index is 12.1. The molecule has 2 rings (SSSR count). The molecule has 0 atom stereocenters. The number of anilines is 3. The average molecular weight is 343 g/mol. The van der Waals surface area contributed by atoms with Gasteiger partial charge in [0.25, 0.3) is 0 Å². The van der Waals surface area contributed by atoms with Crippen LogP contribution in [0.4, 0.5) is 17.5 Å². The van der Waals surface area contributed by atoms with Gasteiger partial charge in [-0.3, -0.25) is 0 Å². The van der Waals surface area contributed by atoms with Crippen molar-refractivity contribution in [2.24, 2.45) is 0 Å². The van der Waals surface area contributed by atoms with Crippen LogP contribution in [-0.4, -0.2) is 54.6 Å². The Kier molecular flexibility index (Phi) is 6.71. The minimum absolute atomic E-state index is 0.327. The summed E-state index contributed by atoms with van der Waals surface area (Å²) in [7, 11) is 4.04. The second-order valence-corrected chi connectivity index (χ2v) is 5.84. The Morgan fingerprint density at radius 2 is 2.00 bits per heavy atom. The molecule has 7 nitrogen and oxygen atoms in total. The van der Waals surface area contributed by atoms with Gasteiger partial charge >= 0.3 is 5.97 Å². The van der Waals surface area contributed by atoms with Gasteiger partial charge in [0.05, 0.1) is 17.9 Å². The Balaban J connectivity index is 2.17. The largest absolute Gasteiger partial charge is 0.462 e. The number of carbonyl (C=O) groups excluding carboxylic acids is 1. The number of para-hydroxylation sites is 1. The van der Waals surface area contributed by atoms with E-state index in [1.807, 2.05) is 33.2 Å². The molecule has 134 valence electrons. The van der Waals surface area contributed by atoms with Gasteiger partial charge in [0.2, 0.25) is 5.95 Å². The van der Waals surface area contributed by atoms with Crippen LogP contribution in [0.2, 0.25) is 0 Å². The molecule has 25 heavy (non-hydrogen) atoms. The molecule has 0 bridgehead atoms. The van der Waals surface area contributed by atoms with Crippen LogP contribution in [0.3, 0.4) is 0 Å². The summed E-state index contributed by atoms with van der Waals surface area (Å²) in [6.45, 7) is 5.69. The molecule has 0 unspecified atom stereocenters. The Labute approximate surface area is 148 Å². The zero-order valence-electron chi connectivity index (χ0n) is 15.2. The Morgan fingerprint density at radius 1 is 1.24 bits per heavy atom. The van der Waals surface area contributed by atoms with Crippen LogP contribution in [0, 0.1) is 6.92 Å². The number of benzene rings is 1. The lowest BCUT2D eigenvalue weighted by Crippen LogP contribution is -2.21. The van der Waals surface area contributed by atoms with Gasteiger partial charge in [-0.15, -0.1) is 0 Å². The molecule has 7 heteroatoms. The molecule has 0 amide bonds. The first kappa shape index (κ1) is 18.7. The monoisotopic (exact) mass is 343 g/mol. The van der Waals surface area contributed by atoms with Crippen LogP contribution in [0.25, 0.3) is 0 Å². The maximum absolute atomic E-state index is 12.1. The number of aryl methyl sites for hydroxylation is 1. The second-order valence-electron chi connectivity index (χ2n) is 5.84. The van der Waals surface area contributed by atoms with Gasteiger partial charge in [-0.05, 0) is 40.1 Å². The van der Waals surface area contributed by atoms with Crippen LogP contribution in [0.1, 0.15) is 23.0 Å². The molecule has 0 aliphatic carbocycles. The highest BCUT2D eigenvalue weighted by Crippen LogP contribution is 2.21. The minimum Gasteiger partial charge on any atom is -0.462 e. The summed E-state index contributed by atoms with van der Waals surface area (Å²) in [4.78, 5) is 23.0. The molecule has 1 aromatic heterocycles. The van der Waals surface area contributed by atoms with Gasteiger partial charge in [0, 0.05) is 24.8 Å². The molecule has 2 aromatic rings. The van der Waals surface area contributed by atoms with Crippen molar-refractivity contribution in [3.63, 3.8) is 0 Å². The molecular formula is C18H25N5O2. The molecule has 0 fully saturated rings. The molecule has 0 saturated heterocycles. The third-order valence-electron chi connectivity index (χ3n) is 3.39. The number of likely N-dealkylation sites (N-methyl/N-ethyl adjacent to an activating group) is 1. The summed E-state index contributed by atoms with van der Waals surface area (Å²) in [5.41, 5.74) is 1.90. The zero-order valence-corrected chi connectivity index (χ0v) is 15.2. The Morgan fingerprint density at radius 3 is 2.72 bits per heavy atom. The number of nitrogens with one attached hydrogen (secondary N) is 2. The summed E-state index contributed by atoms with van der Waals surface area (Å²) in [6.07, 6.45) is 0. The predicted octanol–water partition coefficient (Wildman–Crippen LogP) is 2.68. The quantitative estimate of drug-likeness (QED) is 0.713. The van der Waals surface area contributed by atoms with Crippen molar-refractivity contribution >= 4 is 23.4 Å². The zero-order chi connectivity index (χ0) is 18.2. The fourth-order valence-corrected chi connectivity index (χ4v) is 2.22. The van der Waals surface area contributed by atoms with E-state index in [0.29, 0.717) is 23.8 Å². The highest BCUT2D eigenvalue weighted by Gasteiger charge is 2.13. The highest BCUT2D eigenvalue weighted by molar-refractivity contribution is 5.96. The summed E-state index contributed by atoms with van der Waals surface area (Å²) in [6, 6.07) is 9.04. The lowest BCUT2D eigenvalue weighted by Gasteiger charge is -2.13. The van der Waals surface area contributed by atoms with E-state index >= 15 is 0 Å². The van der Waals surface area contributed by atoms with Gasteiger partial charge in [-0.25, -0.2) is 9.78 Å². The first-order chi connectivity index (χ1) is 12.0. The number of nitrogens with zero attached hydrogens (tertiary/aromatic N) is 3. The number of hydrogen-bond donors (Lipinski definition) is 2. The molecule has 0 saturated carbocycles. The molecule has 1 heterocycles. The van der Waals surface area contributed by atoms with Gasteiger partial charge in [-0.2, -0.15) is 4.98 Å². The minimum atomic E-state index is -0.373. The third-order valence-corrected chi connectivity index (χ3v) is 3.39. The molecule has 0 aliphatic heterocycles. The number of aromatic nitrogens is 2. The summed E-state index contributed by atoms with van der Waals surface area (Å²) >= 11 is 0. The summed E-state index contributed by atoms with van der Waals surface area (Å²) < 4.78 is 5.09. The highest BCUT2D eigenvalue weighted by atomic mass is 16.5. The Bertz CT molecular complexity index is 718. The van der Waals surface area contributed by atoms with Crippen molar-refractivity contribution < 1.29 is 9.53 Å². The van der Waals surface area contributed by atoms with Crippen LogP contribution in [-0.2, 0) is 4.74 Å². The van der Waals surface area contributed by atoms with Crippen LogP contribution in [0.5, 0.6) is 0 Å². The molecule has 0 radical (unpaired) electrons. The fraction of sp³-hybridized carbons (Fsp3) is 0.389. The fourth-order valence-electron chi connectivity index (χ4n) is 2.22. The van der Waals surface area contributed by atoms with Gasteiger partial charge in [0.15, 0.2) is 0 Å². The van der Waals surface area contributed by atoms with E-state index in [0.717, 1.165) is 24.6 Å². The molecule has 0 spiro atoms. The smallest absolute Gasteiger partial charge is 0.340 e. The standard InChI is InChI=1S/C18H25N5O2/c1-5-25-17(24)14-8-6-7-9-15(14)21-18-20-13(2)12-16(22-18)19-10-11-23(3)4/h6-9,12H,5,10-11H2,1-4H3,(H2,19,20,21,22). The number of carbonyl (C=O) groups is 1. The van der Waals surface area contributed by atoms with E-state index in [2.05, 4.69) is 25.5 Å². The first-order valence-electron chi connectivity index (χ1n) is 8.27. The third kappa shape index (κ3) is 5.72. The van der Waals surface area contributed by atoms with Gasteiger partial charge < -0.3 is 20.3 Å². The van der Waals surface area contributed by atoms with E-state index < -0.39 is 0 Å². The van der Waals surface area contributed by atoms with Crippen LogP contribution >= 0.6 is 0 Å². The van der Waals surface area contributed by atoms with Crippen LogP contribution in [0.15, 0.2) is 30.3 Å². The van der Waals surface area contributed by atoms with Crippen molar-refractivity contribution in [1.82, 2.24) is 14.9 Å². The van der Waals surface area contributed by atoms with Gasteiger partial charge in [0.1, 0.15) is 5.82 Å². The van der Waals surface area contributed by atoms with E-state index in [1.54, 1.807) is 25.1 Å². The van der Waals surface area contributed by atoms with Crippen molar-refractivity contribution in [2.75, 3.05) is 44.4 Å². The van der Waals surface area contributed by atoms with Crippen molar-refractivity contribution in [3.05, 3.63) is 41.6 Å². The number of ether oxygens (including phenoxy) is 1. The lowest BCUT2D eigenvalue weighted by atomic mass is 10.2. The molecule has 1 aromatic carbocycles. The second kappa shape index (κ2) is 8.98. The van der Waals surface area contributed by atoms with Crippen molar-refractivity contribution in [2.45, 2.75) is 13.8 Å². The number of rotatable bonds is 8. The predicted molar refractivity (Wildman–Crippen MR) is 99.5 cm³/mol. The number of hydrogen-bond acceptors (Lipinski definition) is 7. The summed E-state index contributed by atoms with van der Waals surface area (Å²) in [5, 5.41) is 6.40.